The molecule has 0 radical (unpaired) electrons. The fraction of sp³-hybridized carbons (Fsp3) is 0.565. The van der Waals surface area contributed by atoms with E-state index in [2.05, 4.69) is 46.9 Å². The molecule has 1 aromatic carbocycles. The number of hydrogen-bond acceptors (Lipinski definition) is 5. The summed E-state index contributed by atoms with van der Waals surface area (Å²) in [6, 6.07) is 8.48. The Morgan fingerprint density at radius 1 is 1.31 bits per heavy atom. The van der Waals surface area contributed by atoms with Crippen molar-refractivity contribution in [3.63, 3.8) is 0 Å². The minimum Gasteiger partial charge on any atom is -0.385 e. The van der Waals surface area contributed by atoms with E-state index in [1.54, 1.807) is 7.11 Å². The first kappa shape index (κ1) is 21.4. The molecule has 1 amide bonds. The predicted octanol–water partition coefficient (Wildman–Crippen LogP) is 2.99. The second kappa shape index (κ2) is 10.4. The number of benzene rings is 1. The number of methoxy groups -OCH3 is 1. The van der Waals surface area contributed by atoms with E-state index in [0.29, 0.717) is 30.6 Å². The van der Waals surface area contributed by atoms with Crippen LogP contribution in [0.5, 0.6) is 0 Å². The lowest BCUT2D eigenvalue weighted by atomic mass is 9.85. The van der Waals surface area contributed by atoms with Crippen molar-refractivity contribution in [2.75, 3.05) is 26.8 Å². The van der Waals surface area contributed by atoms with Gasteiger partial charge in [0.25, 0.3) is 5.91 Å². The zero-order valence-electron chi connectivity index (χ0n) is 17.9. The van der Waals surface area contributed by atoms with Crippen LogP contribution in [0.4, 0.5) is 0 Å². The number of hydrogen-bond donors (Lipinski definition) is 3. The van der Waals surface area contributed by atoms with Gasteiger partial charge in [0, 0.05) is 26.3 Å². The quantitative estimate of drug-likeness (QED) is 0.617. The minimum atomic E-state index is -0.00469. The summed E-state index contributed by atoms with van der Waals surface area (Å²) in [5.74, 6) is 1.23. The predicted molar refractivity (Wildman–Crippen MR) is 118 cm³/mol. The molecule has 0 saturated heterocycles. The first-order chi connectivity index (χ1) is 14.1. The van der Waals surface area contributed by atoms with E-state index in [1.807, 2.05) is 12.1 Å². The molecule has 29 heavy (non-hydrogen) atoms. The summed E-state index contributed by atoms with van der Waals surface area (Å²) in [6.45, 7) is 6.14. The van der Waals surface area contributed by atoms with Crippen LogP contribution in [0.3, 0.4) is 0 Å². The summed E-state index contributed by atoms with van der Waals surface area (Å²) in [5, 5.41) is 9.97. The number of carbonyl (C=O) groups is 1. The van der Waals surface area contributed by atoms with Gasteiger partial charge in [-0.3, -0.25) is 4.79 Å². The molecular formula is C23H34N4O2. The van der Waals surface area contributed by atoms with E-state index >= 15 is 0 Å². The minimum absolute atomic E-state index is 0.00469. The van der Waals surface area contributed by atoms with Crippen molar-refractivity contribution in [3.05, 3.63) is 41.0 Å². The molecule has 1 fully saturated rings. The van der Waals surface area contributed by atoms with Crippen LogP contribution in [0.25, 0.3) is 5.70 Å². The van der Waals surface area contributed by atoms with Gasteiger partial charge in [-0.15, -0.1) is 0 Å². The van der Waals surface area contributed by atoms with Gasteiger partial charge in [-0.05, 0) is 43.7 Å². The Morgan fingerprint density at radius 2 is 2.14 bits per heavy atom. The summed E-state index contributed by atoms with van der Waals surface area (Å²) in [6.07, 6.45) is 5.58. The number of nitrogens with zero attached hydrogens (tertiary/aromatic N) is 1. The molecule has 158 valence electrons. The Morgan fingerprint density at radius 3 is 2.90 bits per heavy atom. The van der Waals surface area contributed by atoms with E-state index in [4.69, 9.17) is 4.74 Å². The van der Waals surface area contributed by atoms with Gasteiger partial charge in [-0.2, -0.15) is 0 Å². The standard InChI is InChI=1S/C23H34N4O2/c1-16-8-6-10-18(14-16)21-19(15-25-23(27-21)24-12-7-13-29-3)22(28)26-20-11-5-4-9-17(20)2/h6,8,10,14,17,20H,4-5,7,9,11-13,15H2,1-3H3,(H,26,28)(H2,24,25,27). The summed E-state index contributed by atoms with van der Waals surface area (Å²) in [5.41, 5.74) is 3.72. The van der Waals surface area contributed by atoms with Gasteiger partial charge in [0.2, 0.25) is 0 Å². The molecule has 0 aromatic heterocycles. The number of guanidine groups is 1. The Kier molecular flexibility index (Phi) is 7.69. The van der Waals surface area contributed by atoms with Crippen LogP contribution < -0.4 is 16.0 Å². The number of rotatable bonds is 7. The molecular weight excluding hydrogens is 364 g/mol. The maximum Gasteiger partial charge on any atom is 0.251 e. The highest BCUT2D eigenvalue weighted by Crippen LogP contribution is 2.25. The molecule has 1 aliphatic heterocycles. The van der Waals surface area contributed by atoms with Crippen molar-refractivity contribution in [2.24, 2.45) is 10.9 Å². The maximum atomic E-state index is 13.2. The van der Waals surface area contributed by atoms with Crippen LogP contribution in [0.1, 0.15) is 50.2 Å². The summed E-state index contributed by atoms with van der Waals surface area (Å²) in [4.78, 5) is 17.7. The Balaban J connectivity index is 1.77. The van der Waals surface area contributed by atoms with E-state index < -0.39 is 0 Å². The van der Waals surface area contributed by atoms with Gasteiger partial charge in [0.1, 0.15) is 0 Å². The average Bonchev–Trinajstić information content (AvgIpc) is 2.73. The lowest BCUT2D eigenvalue weighted by molar-refractivity contribution is -0.118. The lowest BCUT2D eigenvalue weighted by Gasteiger charge is -2.31. The molecule has 1 aliphatic carbocycles. The van der Waals surface area contributed by atoms with Crippen molar-refractivity contribution in [1.29, 1.82) is 0 Å². The van der Waals surface area contributed by atoms with Gasteiger partial charge < -0.3 is 20.7 Å². The first-order valence-corrected chi connectivity index (χ1v) is 10.7. The second-order valence-electron chi connectivity index (χ2n) is 8.13. The fourth-order valence-electron chi connectivity index (χ4n) is 4.01. The number of aryl methyl sites for hydroxylation is 1. The fourth-order valence-corrected chi connectivity index (χ4v) is 4.01. The first-order valence-electron chi connectivity index (χ1n) is 10.7. The highest BCUT2D eigenvalue weighted by molar-refractivity contribution is 6.06. The number of aliphatic imine (C=N–C) groups is 1. The normalized spacial score (nSPS) is 22.0. The molecule has 6 nitrogen and oxygen atoms in total. The zero-order valence-corrected chi connectivity index (χ0v) is 17.9. The second-order valence-corrected chi connectivity index (χ2v) is 8.13. The molecule has 1 aromatic rings. The van der Waals surface area contributed by atoms with Crippen LogP contribution in [0.2, 0.25) is 0 Å². The Bertz CT molecular complexity index is 772. The third-order valence-corrected chi connectivity index (χ3v) is 5.77. The Hall–Kier alpha value is -2.34. The van der Waals surface area contributed by atoms with E-state index in [9.17, 15) is 4.79 Å². The van der Waals surface area contributed by atoms with Gasteiger partial charge in [0.15, 0.2) is 5.96 Å². The van der Waals surface area contributed by atoms with Crippen LogP contribution in [0.15, 0.2) is 34.8 Å². The average molecular weight is 399 g/mol. The van der Waals surface area contributed by atoms with Crippen molar-refractivity contribution in [1.82, 2.24) is 16.0 Å². The van der Waals surface area contributed by atoms with Crippen LogP contribution in [-0.2, 0) is 9.53 Å². The van der Waals surface area contributed by atoms with Crippen LogP contribution in [0, 0.1) is 12.8 Å². The van der Waals surface area contributed by atoms with E-state index in [0.717, 1.165) is 36.2 Å². The topological polar surface area (TPSA) is 74.8 Å². The van der Waals surface area contributed by atoms with Gasteiger partial charge in [-0.25, -0.2) is 4.99 Å². The molecule has 0 spiro atoms. The molecule has 3 rings (SSSR count). The molecule has 1 heterocycles. The third kappa shape index (κ3) is 5.82. The number of amides is 1. The molecule has 2 aliphatic rings. The molecule has 0 bridgehead atoms. The third-order valence-electron chi connectivity index (χ3n) is 5.77. The van der Waals surface area contributed by atoms with E-state index in [-0.39, 0.29) is 11.9 Å². The molecule has 6 heteroatoms. The SMILES string of the molecule is COCCCNC1=NCC(C(=O)NC2CCCCC2C)=C(c2cccc(C)c2)N1. The van der Waals surface area contributed by atoms with Gasteiger partial charge >= 0.3 is 0 Å². The monoisotopic (exact) mass is 398 g/mol. The lowest BCUT2D eigenvalue weighted by Crippen LogP contribution is -2.45. The van der Waals surface area contributed by atoms with Crippen LogP contribution >= 0.6 is 0 Å². The smallest absolute Gasteiger partial charge is 0.251 e. The maximum absolute atomic E-state index is 13.2. The van der Waals surface area contributed by atoms with Gasteiger partial charge in [0.05, 0.1) is 17.8 Å². The largest absolute Gasteiger partial charge is 0.385 e. The van der Waals surface area contributed by atoms with Crippen molar-refractivity contribution in [2.45, 2.75) is 52.0 Å². The highest BCUT2D eigenvalue weighted by atomic mass is 16.5. The van der Waals surface area contributed by atoms with E-state index in [1.165, 1.54) is 19.3 Å². The number of ether oxygens (including phenoxy) is 1. The molecule has 2 unspecified atom stereocenters. The summed E-state index contributed by atoms with van der Waals surface area (Å²) >= 11 is 0. The van der Waals surface area contributed by atoms with Crippen LogP contribution in [-0.4, -0.2) is 44.7 Å². The van der Waals surface area contributed by atoms with Crippen molar-refractivity contribution >= 4 is 17.6 Å². The molecule has 2 atom stereocenters. The Labute approximate surface area is 174 Å². The number of nitrogens with one attached hydrogen (secondary N) is 3. The van der Waals surface area contributed by atoms with Crippen molar-refractivity contribution in [3.8, 4) is 0 Å². The zero-order chi connectivity index (χ0) is 20.6. The summed E-state index contributed by atoms with van der Waals surface area (Å²) < 4.78 is 5.10. The van der Waals surface area contributed by atoms with Crippen molar-refractivity contribution < 1.29 is 9.53 Å². The molecule has 1 saturated carbocycles. The summed E-state index contributed by atoms with van der Waals surface area (Å²) in [7, 11) is 1.70. The number of carbonyl (C=O) groups excluding carboxylic acids is 1. The van der Waals surface area contributed by atoms with Gasteiger partial charge in [-0.1, -0.05) is 43.5 Å². The highest BCUT2D eigenvalue weighted by Gasteiger charge is 2.27. The molecule has 3 N–H and O–H groups in total.